The highest BCUT2D eigenvalue weighted by atomic mass is 35.5. The normalized spacial score (nSPS) is 11.4. The van der Waals surface area contributed by atoms with E-state index in [2.05, 4.69) is 36.3 Å². The molecule has 0 bridgehead atoms. The summed E-state index contributed by atoms with van der Waals surface area (Å²) in [5.41, 5.74) is 6.84. The van der Waals surface area contributed by atoms with Gasteiger partial charge in [-0.3, -0.25) is 4.79 Å². The molecule has 4 rings (SSSR count). The molecule has 2 aromatic carbocycles. The van der Waals surface area contributed by atoms with Crippen molar-refractivity contribution in [2.24, 2.45) is 0 Å². The highest BCUT2D eigenvalue weighted by molar-refractivity contribution is 6.35. The van der Waals surface area contributed by atoms with Gasteiger partial charge in [-0.1, -0.05) is 23.2 Å². The summed E-state index contributed by atoms with van der Waals surface area (Å²) < 4.78 is 5.58. The molecule has 1 amide bonds. The maximum atomic E-state index is 12.7. The molecule has 2 aromatic heterocycles. The highest BCUT2D eigenvalue weighted by Gasteiger charge is 2.15. The van der Waals surface area contributed by atoms with Crippen LogP contribution in [0.15, 0.2) is 34.7 Å². The highest BCUT2D eigenvalue weighted by Crippen LogP contribution is 2.31. The van der Waals surface area contributed by atoms with Crippen molar-refractivity contribution >= 4 is 45.1 Å². The Morgan fingerprint density at radius 3 is 2.67 bits per heavy atom. The van der Waals surface area contributed by atoms with Gasteiger partial charge >= 0.3 is 0 Å². The minimum absolute atomic E-state index is 0.0752. The summed E-state index contributed by atoms with van der Waals surface area (Å²) in [6, 6.07) is 9.79. The van der Waals surface area contributed by atoms with Crippen LogP contribution in [0.1, 0.15) is 28.1 Å². The Kier molecular flexibility index (Phi) is 4.23. The minimum Gasteiger partial charge on any atom is -0.460 e. The number of furan rings is 1. The predicted molar refractivity (Wildman–Crippen MR) is 111 cm³/mol. The van der Waals surface area contributed by atoms with E-state index in [9.17, 15) is 4.79 Å². The van der Waals surface area contributed by atoms with Crippen LogP contribution in [0.3, 0.4) is 0 Å². The molecule has 0 radical (unpaired) electrons. The number of hydrogen-bond donors (Lipinski definition) is 2. The lowest BCUT2D eigenvalue weighted by molar-refractivity contribution is -0.115. The zero-order valence-corrected chi connectivity index (χ0v) is 16.5. The van der Waals surface area contributed by atoms with E-state index >= 15 is 0 Å². The van der Waals surface area contributed by atoms with Gasteiger partial charge in [0.05, 0.1) is 11.4 Å². The molecular formula is C22H21ClN2O2. The van der Waals surface area contributed by atoms with Gasteiger partial charge in [-0.15, -0.1) is 0 Å². The van der Waals surface area contributed by atoms with Gasteiger partial charge < -0.3 is 14.7 Å². The van der Waals surface area contributed by atoms with Crippen molar-refractivity contribution in [3.63, 3.8) is 0 Å². The second-order valence-corrected chi connectivity index (χ2v) is 7.60. The van der Waals surface area contributed by atoms with Crippen molar-refractivity contribution in [1.82, 2.24) is 4.98 Å². The van der Waals surface area contributed by atoms with Crippen molar-refractivity contribution < 1.29 is 9.21 Å². The number of amides is 1. The van der Waals surface area contributed by atoms with Crippen molar-refractivity contribution in [3.05, 3.63) is 63.5 Å². The Morgan fingerprint density at radius 2 is 1.89 bits per heavy atom. The number of anilines is 1. The first-order valence-electron chi connectivity index (χ1n) is 8.90. The van der Waals surface area contributed by atoms with Gasteiger partial charge in [0.1, 0.15) is 5.76 Å². The molecule has 0 fully saturated rings. The Hall–Kier alpha value is -2.72. The molecule has 138 valence electrons. The van der Waals surface area contributed by atoms with Gasteiger partial charge in [0.15, 0.2) is 5.58 Å². The van der Waals surface area contributed by atoms with Crippen LogP contribution in [0.4, 0.5) is 5.69 Å². The van der Waals surface area contributed by atoms with Crippen molar-refractivity contribution in [1.29, 1.82) is 0 Å². The lowest BCUT2D eigenvalue weighted by Gasteiger charge is -2.07. The third-order valence-electron chi connectivity index (χ3n) is 4.89. The summed E-state index contributed by atoms with van der Waals surface area (Å²) in [6.45, 7) is 8.04. The number of rotatable bonds is 3. The Morgan fingerprint density at radius 1 is 1.11 bits per heavy atom. The van der Waals surface area contributed by atoms with Gasteiger partial charge in [-0.25, -0.2) is 0 Å². The zero-order valence-electron chi connectivity index (χ0n) is 15.8. The first-order valence-corrected chi connectivity index (χ1v) is 9.27. The van der Waals surface area contributed by atoms with Crippen molar-refractivity contribution in [2.45, 2.75) is 34.1 Å². The number of aromatic amines is 1. The average Bonchev–Trinajstić information content (AvgIpc) is 3.09. The van der Waals surface area contributed by atoms with Crippen LogP contribution in [0.25, 0.3) is 21.9 Å². The fourth-order valence-electron chi connectivity index (χ4n) is 3.74. The standard InChI is InChI=1S/C22H21ClN2O2/c1-11-5-12(2)21-18(6-11)17(14(4)24-21)10-20(26)25-16-8-15-7-13(3)27-22(15)19(23)9-16/h5-9,24H,10H2,1-4H3,(H,25,26). The zero-order chi connectivity index (χ0) is 19.3. The van der Waals surface area contributed by atoms with E-state index in [1.807, 2.05) is 26.0 Å². The van der Waals surface area contributed by atoms with E-state index in [1.165, 1.54) is 11.1 Å². The number of H-pyrrole nitrogens is 1. The van der Waals surface area contributed by atoms with Crippen LogP contribution in [-0.4, -0.2) is 10.9 Å². The number of carbonyl (C=O) groups is 1. The number of halogens is 1. The third-order valence-corrected chi connectivity index (χ3v) is 5.17. The first-order chi connectivity index (χ1) is 12.8. The van der Waals surface area contributed by atoms with E-state index in [4.69, 9.17) is 16.0 Å². The smallest absolute Gasteiger partial charge is 0.228 e. The maximum Gasteiger partial charge on any atom is 0.228 e. The van der Waals surface area contributed by atoms with E-state index in [1.54, 1.807) is 6.07 Å². The lowest BCUT2D eigenvalue weighted by Crippen LogP contribution is -2.14. The number of fused-ring (bicyclic) bond motifs is 2. The molecule has 0 aliphatic heterocycles. The third kappa shape index (κ3) is 3.21. The topological polar surface area (TPSA) is 58.0 Å². The number of hydrogen-bond acceptors (Lipinski definition) is 2. The summed E-state index contributed by atoms with van der Waals surface area (Å²) in [4.78, 5) is 16.1. The summed E-state index contributed by atoms with van der Waals surface area (Å²) >= 11 is 6.29. The molecule has 5 heteroatoms. The largest absolute Gasteiger partial charge is 0.460 e. The summed E-state index contributed by atoms with van der Waals surface area (Å²) in [7, 11) is 0. The second-order valence-electron chi connectivity index (χ2n) is 7.19. The van der Waals surface area contributed by atoms with Gasteiger partial charge in [0, 0.05) is 27.7 Å². The Bertz CT molecular complexity index is 1200. The van der Waals surface area contributed by atoms with E-state index in [-0.39, 0.29) is 5.91 Å². The molecule has 0 saturated heterocycles. The van der Waals surface area contributed by atoms with Crippen LogP contribution in [0.2, 0.25) is 5.02 Å². The number of benzene rings is 2. The molecule has 4 aromatic rings. The van der Waals surface area contributed by atoms with Crippen LogP contribution in [-0.2, 0) is 11.2 Å². The monoisotopic (exact) mass is 380 g/mol. The summed E-state index contributed by atoms with van der Waals surface area (Å²) in [5, 5.41) is 5.45. The molecule has 27 heavy (non-hydrogen) atoms. The fourth-order valence-corrected chi connectivity index (χ4v) is 4.01. The molecular weight excluding hydrogens is 360 g/mol. The van der Waals surface area contributed by atoms with Gasteiger partial charge in [-0.2, -0.15) is 0 Å². The molecule has 0 aliphatic rings. The number of aromatic nitrogens is 1. The molecule has 0 unspecified atom stereocenters. The first kappa shape index (κ1) is 17.7. The summed E-state index contributed by atoms with van der Waals surface area (Å²) in [6.07, 6.45) is 0.300. The second kappa shape index (κ2) is 6.46. The lowest BCUT2D eigenvalue weighted by atomic mass is 10.0. The van der Waals surface area contributed by atoms with Gasteiger partial charge in [-0.05, 0) is 63.1 Å². The minimum atomic E-state index is -0.0752. The van der Waals surface area contributed by atoms with E-state index in [0.29, 0.717) is 22.7 Å². The molecule has 0 saturated carbocycles. The van der Waals surface area contributed by atoms with Crippen molar-refractivity contribution in [2.75, 3.05) is 5.32 Å². The van der Waals surface area contributed by atoms with Crippen LogP contribution >= 0.6 is 11.6 Å². The van der Waals surface area contributed by atoms with E-state index in [0.717, 1.165) is 33.3 Å². The SMILES string of the molecule is Cc1cc(C)c2[nH]c(C)c(CC(=O)Nc3cc(Cl)c4oc(C)cc4c3)c2c1. The van der Waals surface area contributed by atoms with Crippen LogP contribution in [0.5, 0.6) is 0 Å². The predicted octanol–water partition coefficient (Wildman–Crippen LogP) is 5.98. The van der Waals surface area contributed by atoms with Crippen LogP contribution < -0.4 is 5.32 Å². The Labute approximate surface area is 162 Å². The van der Waals surface area contributed by atoms with Gasteiger partial charge in [0.25, 0.3) is 0 Å². The van der Waals surface area contributed by atoms with E-state index < -0.39 is 0 Å². The fraction of sp³-hybridized carbons (Fsp3) is 0.227. The maximum absolute atomic E-state index is 12.7. The summed E-state index contributed by atoms with van der Waals surface area (Å²) in [5.74, 6) is 0.712. The molecule has 0 aliphatic carbocycles. The van der Waals surface area contributed by atoms with Crippen molar-refractivity contribution in [3.8, 4) is 0 Å². The molecule has 4 nitrogen and oxygen atoms in total. The van der Waals surface area contributed by atoms with Crippen LogP contribution in [0, 0.1) is 27.7 Å². The number of aryl methyl sites for hydroxylation is 4. The molecule has 2 N–H and O–H groups in total. The van der Waals surface area contributed by atoms with Gasteiger partial charge in [0.2, 0.25) is 5.91 Å². The molecule has 0 atom stereocenters. The number of carbonyl (C=O) groups excluding carboxylic acids is 1. The number of nitrogens with one attached hydrogen (secondary N) is 2. The molecule has 2 heterocycles. The Balaban J connectivity index is 1.63. The molecule has 0 spiro atoms. The average molecular weight is 381 g/mol. The quantitative estimate of drug-likeness (QED) is 0.459.